The second-order valence-corrected chi connectivity index (χ2v) is 4.25. The molecule has 2 atom stereocenters. The molecule has 5 heteroatoms. The van der Waals surface area contributed by atoms with E-state index in [4.69, 9.17) is 23.2 Å². The maximum absolute atomic E-state index is 5.99. The molecule has 0 spiro atoms. The van der Waals surface area contributed by atoms with Gasteiger partial charge in [0.05, 0.1) is 0 Å². The quantitative estimate of drug-likeness (QED) is 0.589. The molecule has 1 aromatic rings. The van der Waals surface area contributed by atoms with Gasteiger partial charge in [-0.25, -0.2) is 4.98 Å². The lowest BCUT2D eigenvalue weighted by molar-refractivity contribution is 0.515. The highest BCUT2D eigenvalue weighted by Gasteiger charge is 2.23. The standard InChI is InChI=1S/C9H11Cl2N3/c10-7-5-14(6-8(11)13-7)9-3-1-2-4-12-9/h1-4,7-8,13H,5-6H2. The summed E-state index contributed by atoms with van der Waals surface area (Å²) >= 11 is 12.0. The van der Waals surface area contributed by atoms with Gasteiger partial charge in [-0.3, -0.25) is 5.32 Å². The predicted molar refractivity (Wildman–Crippen MR) is 58.9 cm³/mol. The maximum Gasteiger partial charge on any atom is 0.128 e. The second-order valence-electron chi connectivity index (χ2n) is 3.19. The zero-order valence-electron chi connectivity index (χ0n) is 7.53. The van der Waals surface area contributed by atoms with Crippen molar-refractivity contribution in [3.63, 3.8) is 0 Å². The Morgan fingerprint density at radius 2 is 2.00 bits per heavy atom. The lowest BCUT2D eigenvalue weighted by Crippen LogP contribution is -2.52. The summed E-state index contributed by atoms with van der Waals surface area (Å²) in [5, 5.41) is 3.04. The highest BCUT2D eigenvalue weighted by molar-refractivity contribution is 6.23. The van der Waals surface area contributed by atoms with Gasteiger partial charge in [-0.05, 0) is 12.1 Å². The Bertz CT molecular complexity index is 283. The summed E-state index contributed by atoms with van der Waals surface area (Å²) in [5.74, 6) is 0.922. The summed E-state index contributed by atoms with van der Waals surface area (Å²) in [7, 11) is 0. The van der Waals surface area contributed by atoms with Crippen LogP contribution in [0.5, 0.6) is 0 Å². The first-order chi connectivity index (χ1) is 6.75. The van der Waals surface area contributed by atoms with Crippen molar-refractivity contribution in [2.24, 2.45) is 0 Å². The molecule has 2 rings (SSSR count). The van der Waals surface area contributed by atoms with Crippen LogP contribution in [0.25, 0.3) is 0 Å². The van der Waals surface area contributed by atoms with Gasteiger partial charge >= 0.3 is 0 Å². The van der Waals surface area contributed by atoms with Crippen molar-refractivity contribution >= 4 is 29.0 Å². The third kappa shape index (κ3) is 2.29. The van der Waals surface area contributed by atoms with Crippen LogP contribution >= 0.6 is 23.2 Å². The molecular formula is C9H11Cl2N3. The number of halogens is 2. The fourth-order valence-electron chi connectivity index (χ4n) is 1.49. The molecule has 0 bridgehead atoms. The van der Waals surface area contributed by atoms with Gasteiger partial charge in [-0.15, -0.1) is 23.2 Å². The first-order valence-corrected chi connectivity index (χ1v) is 5.33. The molecule has 1 aliphatic rings. The first-order valence-electron chi connectivity index (χ1n) is 4.46. The Kier molecular flexibility index (Phi) is 3.11. The van der Waals surface area contributed by atoms with Crippen LogP contribution in [0.4, 0.5) is 5.82 Å². The summed E-state index contributed by atoms with van der Waals surface area (Å²) in [6.45, 7) is 1.45. The molecular weight excluding hydrogens is 221 g/mol. The van der Waals surface area contributed by atoms with E-state index in [0.717, 1.165) is 18.9 Å². The third-order valence-electron chi connectivity index (χ3n) is 2.10. The second kappa shape index (κ2) is 4.34. The summed E-state index contributed by atoms with van der Waals surface area (Å²) < 4.78 is 0. The van der Waals surface area contributed by atoms with Crippen LogP contribution in [0.2, 0.25) is 0 Å². The molecule has 3 nitrogen and oxygen atoms in total. The highest BCUT2D eigenvalue weighted by atomic mass is 35.5. The Balaban J connectivity index is 2.11. The van der Waals surface area contributed by atoms with E-state index in [2.05, 4.69) is 15.2 Å². The van der Waals surface area contributed by atoms with Gasteiger partial charge in [0.15, 0.2) is 0 Å². The number of alkyl halides is 2. The minimum absolute atomic E-state index is 0.117. The summed E-state index contributed by atoms with van der Waals surface area (Å²) in [6.07, 6.45) is 1.77. The molecule has 76 valence electrons. The van der Waals surface area contributed by atoms with Crippen LogP contribution < -0.4 is 10.2 Å². The number of hydrogen-bond donors (Lipinski definition) is 1. The zero-order valence-corrected chi connectivity index (χ0v) is 9.04. The van der Waals surface area contributed by atoms with Crippen LogP contribution in [-0.2, 0) is 0 Å². The van der Waals surface area contributed by atoms with Crippen LogP contribution in [0, 0.1) is 0 Å². The van der Waals surface area contributed by atoms with Gasteiger partial charge < -0.3 is 4.90 Å². The van der Waals surface area contributed by atoms with Crippen molar-refractivity contribution in [2.45, 2.75) is 11.0 Å². The van der Waals surface area contributed by atoms with Gasteiger partial charge in [0, 0.05) is 19.3 Å². The number of pyridine rings is 1. The Morgan fingerprint density at radius 3 is 2.57 bits per heavy atom. The van der Waals surface area contributed by atoms with E-state index in [0.29, 0.717) is 0 Å². The van der Waals surface area contributed by atoms with Crippen molar-refractivity contribution < 1.29 is 0 Å². The number of anilines is 1. The van der Waals surface area contributed by atoms with Gasteiger partial charge in [0.25, 0.3) is 0 Å². The van der Waals surface area contributed by atoms with Crippen LogP contribution in [0.15, 0.2) is 24.4 Å². The summed E-state index contributed by atoms with van der Waals surface area (Å²) in [6, 6.07) is 5.80. The van der Waals surface area contributed by atoms with Crippen LogP contribution in [0.1, 0.15) is 0 Å². The molecule has 1 saturated heterocycles. The molecule has 1 N–H and O–H groups in total. The number of nitrogens with zero attached hydrogens (tertiary/aromatic N) is 2. The van der Waals surface area contributed by atoms with E-state index < -0.39 is 0 Å². The Hall–Kier alpha value is -0.510. The molecule has 1 aromatic heterocycles. The average molecular weight is 232 g/mol. The van der Waals surface area contributed by atoms with Crippen molar-refractivity contribution in [3.8, 4) is 0 Å². The molecule has 0 aromatic carbocycles. The van der Waals surface area contributed by atoms with Crippen LogP contribution in [-0.4, -0.2) is 29.1 Å². The smallest absolute Gasteiger partial charge is 0.128 e. The number of aromatic nitrogens is 1. The summed E-state index contributed by atoms with van der Waals surface area (Å²) in [5.41, 5.74) is -0.235. The van der Waals surface area contributed by atoms with Crippen LogP contribution in [0.3, 0.4) is 0 Å². The SMILES string of the molecule is ClC1CN(c2ccccn2)CC(Cl)N1. The highest BCUT2D eigenvalue weighted by Crippen LogP contribution is 2.16. The number of piperazine rings is 1. The Labute approximate surface area is 93.0 Å². The fourth-order valence-corrected chi connectivity index (χ4v) is 2.19. The van der Waals surface area contributed by atoms with Gasteiger partial charge in [0.2, 0.25) is 0 Å². The molecule has 1 fully saturated rings. The van der Waals surface area contributed by atoms with Gasteiger partial charge in [-0.2, -0.15) is 0 Å². The summed E-state index contributed by atoms with van der Waals surface area (Å²) in [4.78, 5) is 6.33. The topological polar surface area (TPSA) is 28.2 Å². The average Bonchev–Trinajstić information content (AvgIpc) is 2.18. The van der Waals surface area contributed by atoms with Crippen molar-refractivity contribution in [3.05, 3.63) is 24.4 Å². The van der Waals surface area contributed by atoms with E-state index in [-0.39, 0.29) is 11.0 Å². The van der Waals surface area contributed by atoms with Crippen molar-refractivity contribution in [2.75, 3.05) is 18.0 Å². The van der Waals surface area contributed by atoms with Crippen molar-refractivity contribution in [1.82, 2.24) is 10.3 Å². The lowest BCUT2D eigenvalue weighted by atomic mass is 10.3. The maximum atomic E-state index is 5.99. The number of nitrogens with one attached hydrogen (secondary N) is 1. The van der Waals surface area contributed by atoms with Gasteiger partial charge in [0.1, 0.15) is 16.8 Å². The molecule has 2 heterocycles. The monoisotopic (exact) mass is 231 g/mol. The number of rotatable bonds is 1. The largest absolute Gasteiger partial charge is 0.351 e. The van der Waals surface area contributed by atoms with E-state index in [1.807, 2.05) is 18.2 Å². The molecule has 0 amide bonds. The predicted octanol–water partition coefficient (Wildman–Crippen LogP) is 1.62. The van der Waals surface area contributed by atoms with E-state index in [9.17, 15) is 0 Å². The van der Waals surface area contributed by atoms with E-state index in [1.54, 1.807) is 6.20 Å². The molecule has 1 aliphatic heterocycles. The minimum Gasteiger partial charge on any atom is -0.351 e. The zero-order chi connectivity index (χ0) is 9.97. The normalized spacial score (nSPS) is 27.7. The molecule has 0 radical (unpaired) electrons. The molecule has 2 unspecified atom stereocenters. The Morgan fingerprint density at radius 1 is 1.29 bits per heavy atom. The minimum atomic E-state index is -0.117. The number of hydrogen-bond acceptors (Lipinski definition) is 3. The first kappa shape index (κ1) is 10.0. The third-order valence-corrected chi connectivity index (χ3v) is 2.62. The lowest BCUT2D eigenvalue weighted by Gasteiger charge is -2.34. The van der Waals surface area contributed by atoms with E-state index >= 15 is 0 Å². The van der Waals surface area contributed by atoms with Crippen molar-refractivity contribution in [1.29, 1.82) is 0 Å². The van der Waals surface area contributed by atoms with E-state index in [1.165, 1.54) is 0 Å². The molecule has 14 heavy (non-hydrogen) atoms. The fraction of sp³-hybridized carbons (Fsp3) is 0.444. The molecule has 0 aliphatic carbocycles. The molecule has 0 saturated carbocycles. The van der Waals surface area contributed by atoms with Gasteiger partial charge in [-0.1, -0.05) is 6.07 Å².